The van der Waals surface area contributed by atoms with E-state index in [1.54, 1.807) is 44.2 Å². The summed E-state index contributed by atoms with van der Waals surface area (Å²) in [5, 5.41) is 34.6. The van der Waals surface area contributed by atoms with Crippen LogP contribution >= 0.6 is 19.5 Å². The number of alkyl halides is 1. The Morgan fingerprint density at radius 3 is 2.54 bits per heavy atom. The molecule has 1 saturated carbocycles. The number of nitrogens with one attached hydrogen (secondary N) is 2. The lowest BCUT2D eigenvalue weighted by atomic mass is 9.94. The first-order valence-corrected chi connectivity index (χ1v) is 15.2. The molecule has 0 amide bonds. The molecule has 41 heavy (non-hydrogen) atoms. The average Bonchev–Trinajstić information content (AvgIpc) is 3.38. The number of nitrogens with zero attached hydrogens (tertiary/aromatic N) is 1. The van der Waals surface area contributed by atoms with Crippen molar-refractivity contribution in [2.24, 2.45) is 5.41 Å². The number of fused-ring (bicyclic) bond motifs is 1. The molecule has 0 spiro atoms. The van der Waals surface area contributed by atoms with Crippen LogP contribution in [0.1, 0.15) is 32.6 Å². The van der Waals surface area contributed by atoms with E-state index in [1.165, 1.54) is 0 Å². The molecule has 1 aromatic carbocycles. The lowest BCUT2D eigenvalue weighted by Crippen LogP contribution is -2.51. The second-order valence-electron chi connectivity index (χ2n) is 10.7. The highest BCUT2D eigenvalue weighted by Gasteiger charge is 2.93. The van der Waals surface area contributed by atoms with Crippen LogP contribution in [-0.2, 0) is 29.7 Å². The highest BCUT2D eigenvalue weighted by Crippen LogP contribution is 2.71. The molecule has 1 aliphatic carbocycles. The quantitative estimate of drug-likeness (QED) is 0.158. The molecule has 6 atom stereocenters. The summed E-state index contributed by atoms with van der Waals surface area (Å²) in [4.78, 5) is 38.1. The van der Waals surface area contributed by atoms with E-state index in [0.29, 0.717) is 5.56 Å². The number of carbonyl (C=O) groups is 1. The first kappa shape index (κ1) is 31.7. The van der Waals surface area contributed by atoms with E-state index < -0.39 is 60.2 Å². The number of aliphatic hydroxyl groups excluding tert-OH is 1. The maximum atomic E-state index is 14.5. The SMILES string of the molecule is CC(C)(CO)C(=O)SCCOP(=O)(NCc1ccccc1)OC1[C@]2(O)[C@@](C)(O)[C@H](n3ccc(=O)[nH]c3=O)O[C@]12CF. The summed E-state index contributed by atoms with van der Waals surface area (Å²) in [5.74, 6) is 0.0389. The largest absolute Gasteiger partial charge is 0.406 e. The van der Waals surface area contributed by atoms with Crippen LogP contribution in [0.15, 0.2) is 52.2 Å². The minimum absolute atomic E-state index is 0.0118. The Kier molecular flexibility index (Phi) is 8.88. The zero-order valence-corrected chi connectivity index (χ0v) is 24.3. The van der Waals surface area contributed by atoms with Gasteiger partial charge in [0.2, 0.25) is 0 Å². The summed E-state index contributed by atoms with van der Waals surface area (Å²) in [6, 6.07) is 9.77. The fraction of sp³-hybridized carbons (Fsp3) is 0.560. The number of carbonyl (C=O) groups excluding carboxylic acids is 1. The number of halogens is 1. The van der Waals surface area contributed by atoms with Gasteiger partial charge in [-0.1, -0.05) is 42.1 Å². The van der Waals surface area contributed by atoms with Gasteiger partial charge in [0.1, 0.15) is 18.4 Å². The van der Waals surface area contributed by atoms with Gasteiger partial charge >= 0.3 is 13.4 Å². The standard InChI is InChI=1S/C25H33FN3O10PS/c1-22(2,15-30)20(32)41-12-11-37-40(36,27-13-16-7-5-4-6-8-16)39-18-24(14-26)25(18,35)23(3,34)19(38-24)29-10-9-17(31)28-21(29)33/h4-10,18-19,30,34-35H,11-15H2,1-3H3,(H,27,36)(H,28,31,33)/t18?,19-,23+,24-,25+,40?/m1/s1. The van der Waals surface area contributed by atoms with Gasteiger partial charge < -0.3 is 20.1 Å². The molecule has 226 valence electrons. The predicted octanol–water partition coefficient (Wildman–Crippen LogP) is 0.847. The third kappa shape index (κ3) is 5.63. The van der Waals surface area contributed by atoms with Crippen LogP contribution in [-0.4, -0.2) is 78.5 Å². The number of rotatable bonds is 13. The molecule has 4 rings (SSSR count). The molecule has 0 radical (unpaired) electrons. The van der Waals surface area contributed by atoms with Gasteiger partial charge in [-0.05, 0) is 26.3 Å². The second-order valence-corrected chi connectivity index (χ2v) is 13.6. The van der Waals surface area contributed by atoms with Crippen LogP contribution in [0, 0.1) is 5.41 Å². The van der Waals surface area contributed by atoms with E-state index in [0.717, 1.165) is 35.5 Å². The summed E-state index contributed by atoms with van der Waals surface area (Å²) in [6.07, 6.45) is -2.29. The Balaban J connectivity index is 1.54. The molecule has 1 aliphatic heterocycles. The van der Waals surface area contributed by atoms with Crippen LogP contribution in [0.3, 0.4) is 0 Å². The first-order valence-electron chi connectivity index (χ1n) is 12.7. The lowest BCUT2D eigenvalue weighted by molar-refractivity contribution is -0.165. The molecule has 2 fully saturated rings. The average molecular weight is 618 g/mol. The van der Waals surface area contributed by atoms with Crippen molar-refractivity contribution in [1.82, 2.24) is 14.6 Å². The third-order valence-electron chi connectivity index (χ3n) is 7.33. The number of aromatic amines is 1. The fourth-order valence-electron chi connectivity index (χ4n) is 4.70. The molecule has 1 aromatic heterocycles. The fourth-order valence-corrected chi connectivity index (χ4v) is 7.16. The zero-order chi connectivity index (χ0) is 30.3. The normalized spacial score (nSPS) is 30.5. The molecular formula is C25H33FN3O10PS. The molecule has 2 heterocycles. The zero-order valence-electron chi connectivity index (χ0n) is 22.6. The van der Waals surface area contributed by atoms with Gasteiger partial charge in [-0.25, -0.2) is 18.8 Å². The molecule has 16 heteroatoms. The number of hydrogen-bond donors (Lipinski definition) is 5. The van der Waals surface area contributed by atoms with Crippen molar-refractivity contribution in [2.75, 3.05) is 25.6 Å². The maximum absolute atomic E-state index is 14.5. The van der Waals surface area contributed by atoms with Gasteiger partial charge in [-0.3, -0.25) is 28.2 Å². The number of benzene rings is 1. The second kappa shape index (κ2) is 11.5. The molecule has 13 nitrogen and oxygen atoms in total. The molecular weight excluding hydrogens is 584 g/mol. The van der Waals surface area contributed by atoms with E-state index in [4.69, 9.17) is 13.8 Å². The minimum Gasteiger partial charge on any atom is -0.395 e. The number of aromatic nitrogens is 2. The van der Waals surface area contributed by atoms with Crippen LogP contribution in [0.25, 0.3) is 0 Å². The molecule has 0 bridgehead atoms. The van der Waals surface area contributed by atoms with Crippen LogP contribution in [0.2, 0.25) is 0 Å². The van der Waals surface area contributed by atoms with Gasteiger partial charge in [0.25, 0.3) is 5.56 Å². The molecule has 2 aliphatic rings. The Hall–Kier alpha value is -2.20. The van der Waals surface area contributed by atoms with E-state index in [-0.39, 0.29) is 30.6 Å². The number of hydrogen-bond acceptors (Lipinski definition) is 11. The van der Waals surface area contributed by atoms with Crippen LogP contribution in [0.4, 0.5) is 4.39 Å². The van der Waals surface area contributed by atoms with E-state index in [1.807, 2.05) is 4.98 Å². The molecule has 2 aromatic rings. The van der Waals surface area contributed by atoms with Gasteiger partial charge in [0.05, 0.1) is 18.6 Å². The first-order chi connectivity index (χ1) is 19.2. The van der Waals surface area contributed by atoms with Gasteiger partial charge in [0.15, 0.2) is 22.5 Å². The van der Waals surface area contributed by atoms with E-state index in [2.05, 4.69) is 5.09 Å². The van der Waals surface area contributed by atoms with E-state index in [9.17, 15) is 38.7 Å². The van der Waals surface area contributed by atoms with Crippen LogP contribution < -0.4 is 16.3 Å². The summed E-state index contributed by atoms with van der Waals surface area (Å²) < 4.78 is 46.1. The van der Waals surface area contributed by atoms with Crippen molar-refractivity contribution < 1.29 is 42.9 Å². The summed E-state index contributed by atoms with van der Waals surface area (Å²) in [5.41, 5.74) is -9.02. The Labute approximate surface area is 238 Å². The number of aliphatic hydroxyl groups is 3. The monoisotopic (exact) mass is 617 g/mol. The van der Waals surface area contributed by atoms with Crippen molar-refractivity contribution in [3.05, 3.63) is 69.0 Å². The van der Waals surface area contributed by atoms with Gasteiger partial charge in [-0.2, -0.15) is 0 Å². The lowest BCUT2D eigenvalue weighted by Gasteiger charge is -2.33. The minimum atomic E-state index is -4.36. The highest BCUT2D eigenvalue weighted by atomic mass is 32.2. The highest BCUT2D eigenvalue weighted by molar-refractivity contribution is 8.13. The van der Waals surface area contributed by atoms with Gasteiger partial charge in [0, 0.05) is 24.6 Å². The van der Waals surface area contributed by atoms with Crippen LogP contribution in [0.5, 0.6) is 0 Å². The van der Waals surface area contributed by atoms with E-state index >= 15 is 0 Å². The Morgan fingerprint density at radius 1 is 1.27 bits per heavy atom. The summed E-state index contributed by atoms with van der Waals surface area (Å²) in [7, 11) is -4.36. The number of thioether (sulfide) groups is 1. The third-order valence-corrected chi connectivity index (χ3v) is 10.1. The number of H-pyrrole nitrogens is 1. The Bertz CT molecular complexity index is 1440. The molecule has 2 unspecified atom stereocenters. The summed E-state index contributed by atoms with van der Waals surface area (Å²) in [6.45, 7) is 2.21. The topological polar surface area (TPSA) is 189 Å². The molecule has 1 saturated heterocycles. The number of ether oxygens (including phenoxy) is 1. The Morgan fingerprint density at radius 2 is 1.95 bits per heavy atom. The van der Waals surface area contributed by atoms with Crippen molar-refractivity contribution in [2.45, 2.75) is 56.5 Å². The summed E-state index contributed by atoms with van der Waals surface area (Å²) >= 11 is 0.857. The molecule has 5 N–H and O–H groups in total. The van der Waals surface area contributed by atoms with Gasteiger partial charge in [-0.15, -0.1) is 0 Å². The van der Waals surface area contributed by atoms with Crippen molar-refractivity contribution in [1.29, 1.82) is 0 Å². The maximum Gasteiger partial charge on any atom is 0.406 e. The predicted molar refractivity (Wildman–Crippen MR) is 146 cm³/mol. The van der Waals surface area contributed by atoms with Crippen molar-refractivity contribution in [3.63, 3.8) is 0 Å². The smallest absolute Gasteiger partial charge is 0.395 e. The van der Waals surface area contributed by atoms with Crippen molar-refractivity contribution in [3.8, 4) is 0 Å². The van der Waals surface area contributed by atoms with Crippen molar-refractivity contribution >= 4 is 24.6 Å².